The molecule has 1 amide bonds. The zero-order valence-corrected chi connectivity index (χ0v) is 14.8. The number of hydrogen-bond acceptors (Lipinski definition) is 5. The fourth-order valence-corrected chi connectivity index (χ4v) is 3.36. The second-order valence-electron chi connectivity index (χ2n) is 5.37. The van der Waals surface area contributed by atoms with E-state index in [9.17, 15) is 13.2 Å². The minimum absolute atomic E-state index is 0. The van der Waals surface area contributed by atoms with Gasteiger partial charge in [-0.1, -0.05) is 0 Å². The molecule has 2 rings (SSSR count). The third-order valence-electron chi connectivity index (χ3n) is 3.60. The topological polar surface area (TPSA) is 82.9 Å². The number of halogens is 1. The molecule has 1 atom stereocenters. The zero-order chi connectivity index (χ0) is 15.8. The van der Waals surface area contributed by atoms with Gasteiger partial charge in [-0.15, -0.1) is 12.4 Å². The molecule has 9 heteroatoms. The van der Waals surface area contributed by atoms with E-state index in [1.807, 2.05) is 6.92 Å². The number of aryl methyl sites for hydroxylation is 1. The van der Waals surface area contributed by atoms with Gasteiger partial charge in [-0.3, -0.25) is 4.79 Å². The lowest BCUT2D eigenvalue weighted by Gasteiger charge is -2.33. The fourth-order valence-electron chi connectivity index (χ4n) is 2.31. The van der Waals surface area contributed by atoms with Crippen LogP contribution in [-0.2, 0) is 10.0 Å². The summed E-state index contributed by atoms with van der Waals surface area (Å²) in [6.45, 7) is 5.51. The maximum absolute atomic E-state index is 12.5. The summed E-state index contributed by atoms with van der Waals surface area (Å²) in [7, 11) is -0.716. The Balaban J connectivity index is 0.00000242. The van der Waals surface area contributed by atoms with E-state index in [-0.39, 0.29) is 40.8 Å². The summed E-state index contributed by atoms with van der Waals surface area (Å²) in [6, 6.07) is 1.37. The van der Waals surface area contributed by atoms with Crippen molar-refractivity contribution in [1.29, 1.82) is 0 Å². The second-order valence-corrected chi connectivity index (χ2v) is 7.49. The molecule has 1 aliphatic heterocycles. The number of nitrogens with zero attached hydrogens (tertiary/aromatic N) is 2. The lowest BCUT2D eigenvalue weighted by Crippen LogP contribution is -2.52. The standard InChI is InChI=1S/C13H21N3O4S.ClH/c1-9-8-14-5-6-16(9)13(17)11-7-12(10(2)20-11)21(18,19)15(3)4;/h7,9,14H,5-6,8H2,1-4H3;1H/t9-;/m1./s1. The van der Waals surface area contributed by atoms with E-state index >= 15 is 0 Å². The number of sulfonamides is 1. The summed E-state index contributed by atoms with van der Waals surface area (Å²) in [4.78, 5) is 14.2. The molecule has 7 nitrogen and oxygen atoms in total. The van der Waals surface area contributed by atoms with E-state index in [0.717, 1.165) is 10.8 Å². The monoisotopic (exact) mass is 351 g/mol. The van der Waals surface area contributed by atoms with Gasteiger partial charge in [-0.05, 0) is 13.8 Å². The molecule has 0 radical (unpaired) electrons. The van der Waals surface area contributed by atoms with E-state index in [1.54, 1.807) is 11.8 Å². The molecule has 126 valence electrons. The molecular formula is C13H22ClN3O4S. The van der Waals surface area contributed by atoms with Crippen molar-refractivity contribution in [3.8, 4) is 0 Å². The molecule has 0 saturated carbocycles. The highest BCUT2D eigenvalue weighted by molar-refractivity contribution is 7.89. The first-order chi connectivity index (χ1) is 9.75. The quantitative estimate of drug-likeness (QED) is 0.866. The summed E-state index contributed by atoms with van der Waals surface area (Å²) in [5.41, 5.74) is 0. The van der Waals surface area contributed by atoms with Crippen molar-refractivity contribution in [3.05, 3.63) is 17.6 Å². The van der Waals surface area contributed by atoms with Gasteiger partial charge < -0.3 is 14.6 Å². The van der Waals surface area contributed by atoms with Crippen molar-refractivity contribution in [1.82, 2.24) is 14.5 Å². The minimum atomic E-state index is -3.61. The van der Waals surface area contributed by atoms with Crippen LogP contribution in [0, 0.1) is 6.92 Å². The second kappa shape index (κ2) is 6.99. The van der Waals surface area contributed by atoms with Gasteiger partial charge in [-0.25, -0.2) is 12.7 Å². The number of piperazine rings is 1. The van der Waals surface area contributed by atoms with Crippen LogP contribution in [0.15, 0.2) is 15.4 Å². The average molecular weight is 352 g/mol. The maximum atomic E-state index is 12.5. The number of rotatable bonds is 3. The summed E-state index contributed by atoms with van der Waals surface area (Å²) in [5.74, 6) is 0.0313. The Morgan fingerprint density at radius 1 is 1.45 bits per heavy atom. The molecule has 22 heavy (non-hydrogen) atoms. The minimum Gasteiger partial charge on any atom is -0.455 e. The molecule has 1 fully saturated rings. The van der Waals surface area contributed by atoms with E-state index in [4.69, 9.17) is 4.42 Å². The third kappa shape index (κ3) is 3.45. The molecule has 1 aromatic heterocycles. The summed E-state index contributed by atoms with van der Waals surface area (Å²) in [6.07, 6.45) is 0. The van der Waals surface area contributed by atoms with Crippen LogP contribution in [0.25, 0.3) is 0 Å². The van der Waals surface area contributed by atoms with Crippen LogP contribution in [0.2, 0.25) is 0 Å². The molecule has 0 bridgehead atoms. The smallest absolute Gasteiger partial charge is 0.289 e. The van der Waals surface area contributed by atoms with Crippen LogP contribution in [0.3, 0.4) is 0 Å². The van der Waals surface area contributed by atoms with Crippen molar-refractivity contribution in [2.45, 2.75) is 24.8 Å². The Morgan fingerprint density at radius 3 is 2.64 bits per heavy atom. The molecule has 1 saturated heterocycles. The number of carbonyl (C=O) groups is 1. The van der Waals surface area contributed by atoms with Crippen LogP contribution < -0.4 is 5.32 Å². The highest BCUT2D eigenvalue weighted by Gasteiger charge is 2.30. The van der Waals surface area contributed by atoms with E-state index in [0.29, 0.717) is 13.1 Å². The Bertz CT molecular complexity index is 642. The molecular weight excluding hydrogens is 330 g/mol. The molecule has 0 unspecified atom stereocenters. The number of furan rings is 1. The van der Waals surface area contributed by atoms with E-state index < -0.39 is 10.0 Å². The van der Waals surface area contributed by atoms with Crippen LogP contribution >= 0.6 is 12.4 Å². The third-order valence-corrected chi connectivity index (χ3v) is 5.53. The van der Waals surface area contributed by atoms with Crippen molar-refractivity contribution in [2.24, 2.45) is 0 Å². The zero-order valence-electron chi connectivity index (χ0n) is 13.1. The number of amides is 1. The molecule has 0 spiro atoms. The average Bonchev–Trinajstić information content (AvgIpc) is 2.81. The molecule has 0 aliphatic carbocycles. The molecule has 1 aliphatic rings. The highest BCUT2D eigenvalue weighted by atomic mass is 35.5. The number of hydrogen-bond donors (Lipinski definition) is 1. The normalized spacial score (nSPS) is 19.1. The van der Waals surface area contributed by atoms with Crippen molar-refractivity contribution < 1.29 is 17.6 Å². The van der Waals surface area contributed by atoms with Crippen LogP contribution in [0.1, 0.15) is 23.2 Å². The van der Waals surface area contributed by atoms with Crippen molar-refractivity contribution >= 4 is 28.3 Å². The van der Waals surface area contributed by atoms with Crippen LogP contribution in [0.4, 0.5) is 0 Å². The van der Waals surface area contributed by atoms with Crippen molar-refractivity contribution in [3.63, 3.8) is 0 Å². The van der Waals surface area contributed by atoms with E-state index in [2.05, 4.69) is 5.32 Å². The maximum Gasteiger partial charge on any atom is 0.289 e. The molecule has 2 heterocycles. The number of carbonyl (C=O) groups excluding carboxylic acids is 1. The van der Waals surface area contributed by atoms with Gasteiger partial charge in [0.15, 0.2) is 5.76 Å². The fraction of sp³-hybridized carbons (Fsp3) is 0.615. The Hall–Kier alpha value is -1.09. The summed E-state index contributed by atoms with van der Waals surface area (Å²) >= 11 is 0. The first-order valence-electron chi connectivity index (χ1n) is 6.79. The predicted octanol–water partition coefficient (Wildman–Crippen LogP) is 0.694. The number of nitrogens with one attached hydrogen (secondary N) is 1. The van der Waals surface area contributed by atoms with Gasteiger partial charge in [0.25, 0.3) is 5.91 Å². The van der Waals surface area contributed by atoms with Gasteiger partial charge in [0.2, 0.25) is 10.0 Å². The Morgan fingerprint density at radius 2 is 2.09 bits per heavy atom. The predicted molar refractivity (Wildman–Crippen MR) is 84.9 cm³/mol. The first kappa shape index (κ1) is 19.0. The first-order valence-corrected chi connectivity index (χ1v) is 8.23. The SMILES string of the molecule is Cc1oc(C(=O)N2CCNC[C@H]2C)cc1S(=O)(=O)N(C)C.Cl. The van der Waals surface area contributed by atoms with Gasteiger partial charge in [0.1, 0.15) is 10.7 Å². The van der Waals surface area contributed by atoms with Crippen LogP contribution in [0.5, 0.6) is 0 Å². The molecule has 0 aromatic carbocycles. The van der Waals surface area contributed by atoms with Crippen molar-refractivity contribution in [2.75, 3.05) is 33.7 Å². The summed E-state index contributed by atoms with van der Waals surface area (Å²) < 4.78 is 30.8. The highest BCUT2D eigenvalue weighted by Crippen LogP contribution is 2.24. The Labute approximate surface area is 137 Å². The molecule has 1 aromatic rings. The Kier molecular flexibility index (Phi) is 6.03. The lowest BCUT2D eigenvalue weighted by molar-refractivity contribution is 0.0622. The van der Waals surface area contributed by atoms with E-state index in [1.165, 1.54) is 20.2 Å². The van der Waals surface area contributed by atoms with Crippen LogP contribution in [-0.4, -0.2) is 63.3 Å². The van der Waals surface area contributed by atoms with Gasteiger partial charge in [0, 0.05) is 45.8 Å². The lowest BCUT2D eigenvalue weighted by atomic mass is 10.2. The largest absolute Gasteiger partial charge is 0.455 e. The molecule has 1 N–H and O–H groups in total. The summed E-state index contributed by atoms with van der Waals surface area (Å²) in [5, 5.41) is 3.20. The van der Waals surface area contributed by atoms with Gasteiger partial charge >= 0.3 is 0 Å². The van der Waals surface area contributed by atoms with Gasteiger partial charge in [0.05, 0.1) is 0 Å². The van der Waals surface area contributed by atoms with Gasteiger partial charge in [-0.2, -0.15) is 0 Å².